The fraction of sp³-hybridized carbons (Fsp3) is 0.241. The number of nitrogens with zero attached hydrogens (tertiary/aromatic N) is 5. The maximum atomic E-state index is 13.5. The van der Waals surface area contributed by atoms with Crippen LogP contribution in [0, 0.1) is 17.9 Å². The topological polar surface area (TPSA) is 86.6 Å². The first-order chi connectivity index (χ1) is 20.2. The van der Waals surface area contributed by atoms with Gasteiger partial charge in [-0.2, -0.15) is 18.4 Å². The first-order valence-corrected chi connectivity index (χ1v) is 14.8. The lowest BCUT2D eigenvalue weighted by atomic mass is 9.99. The Labute approximate surface area is 254 Å². The van der Waals surface area contributed by atoms with Crippen molar-refractivity contribution in [2.75, 3.05) is 31.2 Å². The number of aliphatic hydroxyl groups excluding tert-OH is 1. The third-order valence-electron chi connectivity index (χ3n) is 5.90. The quantitative estimate of drug-likeness (QED) is 0.133. The summed E-state index contributed by atoms with van der Waals surface area (Å²) in [6.45, 7) is 7.96. The second kappa shape index (κ2) is 13.9. The summed E-state index contributed by atoms with van der Waals surface area (Å²) in [4.78, 5) is 13.7. The number of pyridine rings is 1. The number of benzene rings is 2. The van der Waals surface area contributed by atoms with Gasteiger partial charge < -0.3 is 14.7 Å². The third-order valence-corrected chi connectivity index (χ3v) is 8.10. The summed E-state index contributed by atoms with van der Waals surface area (Å²) < 4.78 is 45.9. The van der Waals surface area contributed by atoms with Gasteiger partial charge in [0.15, 0.2) is 0 Å². The van der Waals surface area contributed by atoms with Gasteiger partial charge in [-0.25, -0.2) is 14.8 Å². The molecule has 2 heterocycles. The second-order valence-corrected chi connectivity index (χ2v) is 11.0. The van der Waals surface area contributed by atoms with Gasteiger partial charge in [0.05, 0.1) is 24.4 Å². The van der Waals surface area contributed by atoms with Crippen LogP contribution in [0.25, 0.3) is 26.5 Å². The summed E-state index contributed by atoms with van der Waals surface area (Å²) in [5.74, 6) is 0.593. The highest BCUT2D eigenvalue weighted by Crippen LogP contribution is 2.45. The molecule has 0 spiro atoms. The molecule has 0 aliphatic carbocycles. The molecular formula is C29H23ClF3N5O2S2. The Balaban J connectivity index is 1.78. The minimum Gasteiger partial charge on any atom is -0.491 e. The van der Waals surface area contributed by atoms with Crippen molar-refractivity contribution in [3.05, 3.63) is 81.6 Å². The van der Waals surface area contributed by atoms with Crippen LogP contribution >= 0.6 is 34.7 Å². The standard InChI is InChI=1S/C29H23ClF3N5O2S2/c1-3-38(17-29(31,32)33)26-25(35-2)24(18-6-10-22(11-7-18)40-13-12-39)23(14-34)28(37-26)42-16-21-15-41-27(36-21)19-4-8-20(30)9-5-19/h4-11,15,39H,3,12-13,16-17H2,1H3. The van der Waals surface area contributed by atoms with Crippen molar-refractivity contribution in [2.45, 2.75) is 23.9 Å². The Morgan fingerprint density at radius 1 is 1.14 bits per heavy atom. The number of halogens is 4. The van der Waals surface area contributed by atoms with Crippen LogP contribution in [-0.4, -0.2) is 47.6 Å². The highest BCUT2D eigenvalue weighted by atomic mass is 35.5. The van der Waals surface area contributed by atoms with E-state index < -0.39 is 12.7 Å². The van der Waals surface area contributed by atoms with E-state index in [0.717, 1.165) is 27.2 Å². The number of hydrogen-bond donors (Lipinski definition) is 1. The van der Waals surface area contributed by atoms with Crippen LogP contribution in [0.3, 0.4) is 0 Å². The molecule has 2 aromatic carbocycles. The maximum absolute atomic E-state index is 13.5. The molecule has 13 heteroatoms. The molecule has 4 rings (SSSR count). The highest BCUT2D eigenvalue weighted by molar-refractivity contribution is 7.98. The molecular weight excluding hydrogens is 607 g/mol. The van der Waals surface area contributed by atoms with E-state index >= 15 is 0 Å². The summed E-state index contributed by atoms with van der Waals surface area (Å²) >= 11 is 8.58. The van der Waals surface area contributed by atoms with Crippen molar-refractivity contribution in [1.29, 1.82) is 5.26 Å². The van der Waals surface area contributed by atoms with Crippen molar-refractivity contribution in [1.82, 2.24) is 9.97 Å². The number of ether oxygens (including phenoxy) is 1. The Morgan fingerprint density at radius 3 is 2.43 bits per heavy atom. The lowest BCUT2D eigenvalue weighted by Gasteiger charge is -2.26. The molecule has 0 saturated heterocycles. The van der Waals surface area contributed by atoms with Crippen LogP contribution in [0.15, 0.2) is 58.9 Å². The number of nitriles is 1. The minimum atomic E-state index is -4.54. The minimum absolute atomic E-state index is 0.0606. The molecule has 0 saturated carbocycles. The van der Waals surface area contributed by atoms with Crippen LogP contribution in [-0.2, 0) is 5.75 Å². The molecule has 0 fully saturated rings. The summed E-state index contributed by atoms with van der Waals surface area (Å²) in [5.41, 5.74) is 2.15. The van der Waals surface area contributed by atoms with E-state index in [1.165, 1.54) is 11.3 Å². The van der Waals surface area contributed by atoms with Gasteiger partial charge in [0.1, 0.15) is 40.8 Å². The van der Waals surface area contributed by atoms with E-state index in [-0.39, 0.29) is 47.4 Å². The van der Waals surface area contributed by atoms with Gasteiger partial charge in [-0.15, -0.1) is 11.3 Å². The average molecular weight is 630 g/mol. The van der Waals surface area contributed by atoms with Crippen LogP contribution in [0.1, 0.15) is 18.2 Å². The van der Waals surface area contributed by atoms with Crippen molar-refractivity contribution >= 4 is 46.2 Å². The molecule has 216 valence electrons. The number of aromatic nitrogens is 2. The average Bonchev–Trinajstić information content (AvgIpc) is 3.46. The molecule has 1 N–H and O–H groups in total. The zero-order valence-corrected chi connectivity index (χ0v) is 24.5. The first-order valence-electron chi connectivity index (χ1n) is 12.5. The molecule has 0 amide bonds. The van der Waals surface area contributed by atoms with Crippen LogP contribution in [0.2, 0.25) is 5.02 Å². The number of anilines is 1. The van der Waals surface area contributed by atoms with Gasteiger partial charge in [0.2, 0.25) is 5.69 Å². The van der Waals surface area contributed by atoms with Crippen LogP contribution < -0.4 is 9.64 Å². The van der Waals surface area contributed by atoms with Crippen molar-refractivity contribution in [3.8, 4) is 33.5 Å². The van der Waals surface area contributed by atoms with Crippen molar-refractivity contribution < 1.29 is 23.0 Å². The molecule has 7 nitrogen and oxygen atoms in total. The van der Waals surface area contributed by atoms with E-state index in [1.807, 2.05) is 17.5 Å². The van der Waals surface area contributed by atoms with Gasteiger partial charge in [-0.1, -0.05) is 47.6 Å². The Hall–Kier alpha value is -3.81. The zero-order valence-electron chi connectivity index (χ0n) is 22.2. The van der Waals surface area contributed by atoms with Gasteiger partial charge in [-0.3, -0.25) is 0 Å². The fourth-order valence-corrected chi connectivity index (χ4v) is 5.97. The number of hydrogen-bond acceptors (Lipinski definition) is 8. The highest BCUT2D eigenvalue weighted by Gasteiger charge is 2.33. The zero-order chi connectivity index (χ0) is 30.3. The van der Waals surface area contributed by atoms with E-state index in [0.29, 0.717) is 27.8 Å². The smallest absolute Gasteiger partial charge is 0.405 e. The predicted molar refractivity (Wildman–Crippen MR) is 159 cm³/mol. The van der Waals surface area contributed by atoms with Crippen molar-refractivity contribution in [3.63, 3.8) is 0 Å². The lowest BCUT2D eigenvalue weighted by molar-refractivity contribution is -0.119. The monoisotopic (exact) mass is 629 g/mol. The van der Waals surface area contributed by atoms with Gasteiger partial charge in [0, 0.05) is 33.8 Å². The SMILES string of the molecule is [C-]#[N+]c1c(N(CC)CC(F)(F)F)nc(SCc2csc(-c3ccc(Cl)cc3)n2)c(C#N)c1-c1ccc(OCCO)cc1. The van der Waals surface area contributed by atoms with Gasteiger partial charge in [0.25, 0.3) is 0 Å². The molecule has 0 atom stereocenters. The van der Waals surface area contributed by atoms with E-state index in [2.05, 4.69) is 20.9 Å². The van der Waals surface area contributed by atoms with Gasteiger partial charge in [-0.05, 0) is 36.8 Å². The number of thioether (sulfide) groups is 1. The van der Waals surface area contributed by atoms with E-state index in [4.69, 9.17) is 28.0 Å². The maximum Gasteiger partial charge on any atom is 0.405 e. The summed E-state index contributed by atoms with van der Waals surface area (Å²) in [5, 5.41) is 22.7. The third kappa shape index (κ3) is 7.52. The molecule has 42 heavy (non-hydrogen) atoms. The molecule has 2 aromatic heterocycles. The lowest BCUT2D eigenvalue weighted by Crippen LogP contribution is -2.34. The fourth-order valence-electron chi connectivity index (χ4n) is 4.03. The molecule has 0 unspecified atom stereocenters. The first kappa shape index (κ1) is 31.1. The molecule has 0 aliphatic heterocycles. The summed E-state index contributed by atoms with van der Waals surface area (Å²) in [6, 6.07) is 15.8. The Bertz CT molecular complexity index is 1620. The summed E-state index contributed by atoms with van der Waals surface area (Å²) in [7, 11) is 0. The van der Waals surface area contributed by atoms with E-state index in [1.54, 1.807) is 43.3 Å². The largest absolute Gasteiger partial charge is 0.491 e. The number of aliphatic hydroxyl groups is 1. The van der Waals surface area contributed by atoms with E-state index in [9.17, 15) is 18.4 Å². The molecule has 0 radical (unpaired) electrons. The Kier molecular flexibility index (Phi) is 10.3. The number of alkyl halides is 3. The predicted octanol–water partition coefficient (Wildman–Crippen LogP) is 8.00. The van der Waals surface area contributed by atoms with Gasteiger partial charge >= 0.3 is 6.18 Å². The number of rotatable bonds is 11. The summed E-state index contributed by atoms with van der Waals surface area (Å²) in [6.07, 6.45) is -4.54. The molecule has 4 aromatic rings. The van der Waals surface area contributed by atoms with Crippen molar-refractivity contribution in [2.24, 2.45) is 0 Å². The Morgan fingerprint density at radius 2 is 1.83 bits per heavy atom. The molecule has 0 aliphatic rings. The van der Waals surface area contributed by atoms with Crippen LogP contribution in [0.4, 0.5) is 24.7 Å². The second-order valence-electron chi connectivity index (χ2n) is 8.73. The molecule has 0 bridgehead atoms. The normalized spacial score (nSPS) is 11.1. The van der Waals surface area contributed by atoms with Crippen LogP contribution in [0.5, 0.6) is 5.75 Å². The number of thiazole rings is 1.